The lowest BCUT2D eigenvalue weighted by atomic mass is 10.2. The van der Waals surface area contributed by atoms with Crippen molar-refractivity contribution in [2.24, 2.45) is 0 Å². The third-order valence-corrected chi connectivity index (χ3v) is 2.76. The molecule has 3 heteroatoms. The number of phenols is 1. The van der Waals surface area contributed by atoms with Crippen LogP contribution >= 0.6 is 11.3 Å². The smallest absolute Gasteiger partial charge is 0.141 e. The largest absolute Gasteiger partial charge is 0.508 e. The molecule has 0 fully saturated rings. The minimum atomic E-state index is -0.259. The molecule has 1 aromatic carbocycles. The molecular weight excluding hydrogens is 175 g/mol. The highest BCUT2D eigenvalue weighted by atomic mass is 32.1. The van der Waals surface area contributed by atoms with Crippen LogP contribution in [0.3, 0.4) is 0 Å². The summed E-state index contributed by atoms with van der Waals surface area (Å²) in [5.74, 6) is -0.106. The lowest BCUT2D eigenvalue weighted by Gasteiger charge is -1.97. The number of phenolic OH excluding ortho intramolecular Hbond substituents is 1. The van der Waals surface area contributed by atoms with Crippen LogP contribution in [0, 0.1) is 12.7 Å². The van der Waals surface area contributed by atoms with Crippen molar-refractivity contribution >= 4 is 21.4 Å². The monoisotopic (exact) mass is 182 g/mol. The van der Waals surface area contributed by atoms with Gasteiger partial charge in [0.2, 0.25) is 0 Å². The second-order valence-electron chi connectivity index (χ2n) is 2.72. The molecule has 0 amide bonds. The number of hydrogen-bond donors (Lipinski definition) is 1. The summed E-state index contributed by atoms with van der Waals surface area (Å²) >= 11 is 1.35. The molecule has 0 saturated carbocycles. The number of fused-ring (bicyclic) bond motifs is 1. The lowest BCUT2D eigenvalue weighted by molar-refractivity contribution is 0.472. The van der Waals surface area contributed by atoms with Crippen LogP contribution < -0.4 is 0 Å². The van der Waals surface area contributed by atoms with E-state index < -0.39 is 0 Å². The Labute approximate surface area is 73.1 Å². The summed E-state index contributed by atoms with van der Waals surface area (Å²) in [6.45, 7) is 1.80. The maximum absolute atomic E-state index is 13.0. The van der Waals surface area contributed by atoms with Crippen LogP contribution in [0.25, 0.3) is 10.1 Å². The van der Waals surface area contributed by atoms with E-state index in [-0.39, 0.29) is 11.6 Å². The Hall–Kier alpha value is -1.09. The molecule has 0 aliphatic heterocycles. The number of thiophene rings is 1. The molecule has 1 heterocycles. The molecule has 0 radical (unpaired) electrons. The number of aryl methyl sites for hydroxylation is 1. The normalized spacial score (nSPS) is 10.8. The van der Waals surface area contributed by atoms with Crippen LogP contribution in [-0.2, 0) is 0 Å². The summed E-state index contributed by atoms with van der Waals surface area (Å²) in [7, 11) is 0. The van der Waals surface area contributed by atoms with Gasteiger partial charge in [0.25, 0.3) is 0 Å². The quantitative estimate of drug-likeness (QED) is 0.663. The zero-order chi connectivity index (χ0) is 8.72. The van der Waals surface area contributed by atoms with E-state index in [0.717, 1.165) is 10.3 Å². The van der Waals surface area contributed by atoms with Gasteiger partial charge in [0.1, 0.15) is 11.6 Å². The molecule has 0 unspecified atom stereocenters. The Morgan fingerprint density at radius 1 is 1.42 bits per heavy atom. The fourth-order valence-corrected chi connectivity index (χ4v) is 2.02. The first-order chi connectivity index (χ1) is 5.68. The molecule has 2 rings (SSSR count). The minimum absolute atomic E-state index is 0.153. The number of rotatable bonds is 0. The van der Waals surface area contributed by atoms with Crippen molar-refractivity contribution in [2.75, 3.05) is 0 Å². The van der Waals surface area contributed by atoms with Crippen LogP contribution in [0.2, 0.25) is 0 Å². The van der Waals surface area contributed by atoms with Gasteiger partial charge in [-0.05, 0) is 24.6 Å². The van der Waals surface area contributed by atoms with Gasteiger partial charge in [0, 0.05) is 15.5 Å². The summed E-state index contributed by atoms with van der Waals surface area (Å²) in [5, 5.41) is 11.2. The van der Waals surface area contributed by atoms with Crippen LogP contribution in [-0.4, -0.2) is 5.11 Å². The third kappa shape index (κ3) is 0.975. The second kappa shape index (κ2) is 2.45. The SMILES string of the molecule is Cc1cc2scc(F)c2cc1O. The Kier molecular flexibility index (Phi) is 1.54. The van der Waals surface area contributed by atoms with Crippen LogP contribution in [0.5, 0.6) is 5.75 Å². The van der Waals surface area contributed by atoms with Gasteiger partial charge in [-0.1, -0.05) is 0 Å². The molecule has 0 atom stereocenters. The fourth-order valence-electron chi connectivity index (χ4n) is 1.13. The molecule has 62 valence electrons. The van der Waals surface area contributed by atoms with Crippen molar-refractivity contribution < 1.29 is 9.50 Å². The van der Waals surface area contributed by atoms with E-state index >= 15 is 0 Å². The van der Waals surface area contributed by atoms with E-state index in [1.165, 1.54) is 22.8 Å². The van der Waals surface area contributed by atoms with Gasteiger partial charge in [-0.15, -0.1) is 11.3 Å². The molecule has 2 aromatic rings. The average Bonchev–Trinajstić information content (AvgIpc) is 2.35. The lowest BCUT2D eigenvalue weighted by Crippen LogP contribution is -1.74. The van der Waals surface area contributed by atoms with E-state index in [2.05, 4.69) is 0 Å². The molecule has 0 aliphatic carbocycles. The molecule has 0 saturated heterocycles. The Morgan fingerprint density at radius 3 is 2.92 bits per heavy atom. The highest BCUT2D eigenvalue weighted by Crippen LogP contribution is 2.30. The zero-order valence-electron chi connectivity index (χ0n) is 6.47. The van der Waals surface area contributed by atoms with Gasteiger partial charge < -0.3 is 5.11 Å². The standard InChI is InChI=1S/C9H7FOS/c1-5-2-9-6(3-8(5)11)7(10)4-12-9/h2-4,11H,1H3. The van der Waals surface area contributed by atoms with Gasteiger partial charge in [-0.2, -0.15) is 0 Å². The molecular formula is C9H7FOS. The maximum atomic E-state index is 13.0. The molecule has 1 N–H and O–H groups in total. The fraction of sp³-hybridized carbons (Fsp3) is 0.111. The summed E-state index contributed by atoms with van der Waals surface area (Å²) in [5.41, 5.74) is 0.782. The van der Waals surface area contributed by atoms with Crippen molar-refractivity contribution in [3.63, 3.8) is 0 Å². The van der Waals surface area contributed by atoms with E-state index in [9.17, 15) is 9.50 Å². The summed E-state index contributed by atoms with van der Waals surface area (Å²) in [6, 6.07) is 3.26. The van der Waals surface area contributed by atoms with Crippen LogP contribution in [0.1, 0.15) is 5.56 Å². The van der Waals surface area contributed by atoms with Gasteiger partial charge in [0.05, 0.1) is 0 Å². The van der Waals surface area contributed by atoms with Crippen molar-refractivity contribution in [2.45, 2.75) is 6.92 Å². The summed E-state index contributed by atoms with van der Waals surface area (Å²) < 4.78 is 13.8. The van der Waals surface area contributed by atoms with Crippen LogP contribution in [0.15, 0.2) is 17.5 Å². The van der Waals surface area contributed by atoms with Crippen molar-refractivity contribution in [3.05, 3.63) is 28.9 Å². The summed E-state index contributed by atoms with van der Waals surface area (Å²) in [6.07, 6.45) is 0. The first-order valence-electron chi connectivity index (χ1n) is 3.55. The number of hydrogen-bond acceptors (Lipinski definition) is 2. The Balaban J connectivity index is 2.87. The average molecular weight is 182 g/mol. The Morgan fingerprint density at radius 2 is 2.17 bits per heavy atom. The van der Waals surface area contributed by atoms with Crippen LogP contribution in [0.4, 0.5) is 4.39 Å². The first kappa shape index (κ1) is 7.55. The highest BCUT2D eigenvalue weighted by Gasteiger charge is 2.05. The third-order valence-electron chi connectivity index (χ3n) is 1.84. The van der Waals surface area contributed by atoms with Gasteiger partial charge in [-0.25, -0.2) is 4.39 Å². The predicted octanol–water partition coefficient (Wildman–Crippen LogP) is 3.05. The van der Waals surface area contributed by atoms with Gasteiger partial charge in [-0.3, -0.25) is 0 Å². The van der Waals surface area contributed by atoms with Crippen molar-refractivity contribution in [1.82, 2.24) is 0 Å². The first-order valence-corrected chi connectivity index (χ1v) is 4.43. The molecule has 1 aromatic heterocycles. The minimum Gasteiger partial charge on any atom is -0.508 e. The van der Waals surface area contributed by atoms with E-state index in [1.54, 1.807) is 13.0 Å². The van der Waals surface area contributed by atoms with Gasteiger partial charge in [0.15, 0.2) is 0 Å². The van der Waals surface area contributed by atoms with E-state index in [4.69, 9.17) is 0 Å². The van der Waals surface area contributed by atoms with Gasteiger partial charge >= 0.3 is 0 Å². The molecule has 0 bridgehead atoms. The maximum Gasteiger partial charge on any atom is 0.141 e. The van der Waals surface area contributed by atoms with E-state index in [1.807, 2.05) is 0 Å². The molecule has 12 heavy (non-hydrogen) atoms. The predicted molar refractivity (Wildman–Crippen MR) is 48.2 cm³/mol. The van der Waals surface area contributed by atoms with E-state index in [0.29, 0.717) is 5.39 Å². The number of benzene rings is 1. The highest BCUT2D eigenvalue weighted by molar-refractivity contribution is 7.17. The molecule has 0 spiro atoms. The summed E-state index contributed by atoms with van der Waals surface area (Å²) in [4.78, 5) is 0. The Bertz CT molecular complexity index is 433. The topological polar surface area (TPSA) is 20.2 Å². The van der Waals surface area contributed by atoms with Crippen molar-refractivity contribution in [3.8, 4) is 5.75 Å². The number of halogens is 1. The molecule has 0 aliphatic rings. The number of aromatic hydroxyl groups is 1. The zero-order valence-corrected chi connectivity index (χ0v) is 7.28. The van der Waals surface area contributed by atoms with Crippen molar-refractivity contribution in [1.29, 1.82) is 0 Å². The second-order valence-corrected chi connectivity index (χ2v) is 3.63. The molecule has 1 nitrogen and oxygen atoms in total.